The Labute approximate surface area is 109 Å². The highest BCUT2D eigenvalue weighted by molar-refractivity contribution is 7.13. The fourth-order valence-electron chi connectivity index (χ4n) is 1.59. The van der Waals surface area contributed by atoms with Crippen molar-refractivity contribution in [3.63, 3.8) is 0 Å². The molecule has 0 saturated carbocycles. The van der Waals surface area contributed by atoms with E-state index in [-0.39, 0.29) is 17.0 Å². The van der Waals surface area contributed by atoms with Gasteiger partial charge >= 0.3 is 5.00 Å². The van der Waals surface area contributed by atoms with Crippen molar-refractivity contribution in [3.05, 3.63) is 27.1 Å². The summed E-state index contributed by atoms with van der Waals surface area (Å²) in [6, 6.07) is 1.18. The van der Waals surface area contributed by atoms with Gasteiger partial charge in [-0.1, -0.05) is 25.2 Å². The van der Waals surface area contributed by atoms with Gasteiger partial charge in [-0.05, 0) is 12.3 Å². The van der Waals surface area contributed by atoms with Gasteiger partial charge in [-0.3, -0.25) is 14.9 Å². The van der Waals surface area contributed by atoms with E-state index in [9.17, 15) is 14.9 Å². The molecule has 1 rings (SSSR count). The van der Waals surface area contributed by atoms with Crippen LogP contribution in [0.5, 0.6) is 0 Å². The normalized spacial score (nSPS) is 12.4. The second-order valence-electron chi connectivity index (χ2n) is 4.47. The first-order valence-corrected chi connectivity index (χ1v) is 6.55. The maximum Gasteiger partial charge on any atom is 0.324 e. The molecule has 1 heterocycles. The van der Waals surface area contributed by atoms with Crippen LogP contribution in [0.1, 0.15) is 30.6 Å². The lowest BCUT2D eigenvalue weighted by Crippen LogP contribution is -2.40. The average molecular weight is 271 g/mol. The van der Waals surface area contributed by atoms with E-state index in [2.05, 4.69) is 5.32 Å². The molecule has 1 amide bonds. The van der Waals surface area contributed by atoms with Crippen LogP contribution in [0.3, 0.4) is 0 Å². The van der Waals surface area contributed by atoms with Crippen molar-refractivity contribution in [2.75, 3.05) is 6.54 Å². The Morgan fingerprint density at radius 2 is 2.28 bits per heavy atom. The predicted octanol–water partition coefficient (Wildman–Crippen LogP) is 1.76. The highest BCUT2D eigenvalue weighted by Crippen LogP contribution is 2.22. The largest absolute Gasteiger partial charge is 0.348 e. The molecule has 0 fully saturated rings. The number of nitrogens with zero attached hydrogens (tertiary/aromatic N) is 1. The van der Waals surface area contributed by atoms with E-state index >= 15 is 0 Å². The summed E-state index contributed by atoms with van der Waals surface area (Å²) < 4.78 is 0. The van der Waals surface area contributed by atoms with Crippen molar-refractivity contribution >= 4 is 22.2 Å². The van der Waals surface area contributed by atoms with E-state index in [4.69, 9.17) is 5.73 Å². The fraction of sp³-hybridized carbons (Fsp3) is 0.545. The van der Waals surface area contributed by atoms with Crippen LogP contribution in [-0.2, 0) is 0 Å². The van der Waals surface area contributed by atoms with Gasteiger partial charge in [0, 0.05) is 24.0 Å². The van der Waals surface area contributed by atoms with Gasteiger partial charge in [-0.2, -0.15) is 0 Å². The van der Waals surface area contributed by atoms with Crippen LogP contribution < -0.4 is 11.1 Å². The lowest BCUT2D eigenvalue weighted by molar-refractivity contribution is -0.380. The number of hydrogen-bond donors (Lipinski definition) is 2. The van der Waals surface area contributed by atoms with E-state index in [0.717, 1.165) is 17.8 Å². The Hall–Kier alpha value is -1.47. The molecule has 7 heteroatoms. The summed E-state index contributed by atoms with van der Waals surface area (Å²) >= 11 is 0.943. The van der Waals surface area contributed by atoms with Crippen LogP contribution in [0.4, 0.5) is 5.00 Å². The van der Waals surface area contributed by atoms with E-state index < -0.39 is 4.92 Å². The molecule has 0 aliphatic rings. The van der Waals surface area contributed by atoms with E-state index in [0.29, 0.717) is 18.0 Å². The number of amides is 1. The molecule has 0 bridgehead atoms. The first-order valence-electron chi connectivity index (χ1n) is 5.68. The number of nitro groups is 1. The molecule has 18 heavy (non-hydrogen) atoms. The quantitative estimate of drug-likeness (QED) is 0.608. The van der Waals surface area contributed by atoms with Gasteiger partial charge in [-0.15, -0.1) is 0 Å². The average Bonchev–Trinajstić information content (AvgIpc) is 2.76. The fourth-order valence-corrected chi connectivity index (χ4v) is 2.30. The number of carbonyl (C=O) groups is 1. The minimum Gasteiger partial charge on any atom is -0.348 e. The van der Waals surface area contributed by atoms with Crippen molar-refractivity contribution in [1.82, 2.24) is 5.32 Å². The number of thiophene rings is 1. The molecule has 0 aliphatic carbocycles. The van der Waals surface area contributed by atoms with Crippen LogP contribution >= 0.6 is 11.3 Å². The molecule has 0 saturated heterocycles. The zero-order chi connectivity index (χ0) is 13.7. The Morgan fingerprint density at radius 1 is 1.61 bits per heavy atom. The summed E-state index contributed by atoms with van der Waals surface area (Å²) in [5.74, 6) is 0.117. The van der Waals surface area contributed by atoms with Gasteiger partial charge in [0.15, 0.2) is 0 Å². The standard InChI is InChI=1S/C11H17N3O3S/c1-7(2)3-9(5-12)13-11(15)8-4-10(14(16)17)18-6-8/h4,6-7,9H,3,5,12H2,1-2H3,(H,13,15). The Balaban J connectivity index is 2.65. The number of rotatable bonds is 6. The Bertz CT molecular complexity index is 431. The zero-order valence-corrected chi connectivity index (χ0v) is 11.2. The van der Waals surface area contributed by atoms with E-state index in [1.807, 2.05) is 13.8 Å². The number of hydrogen-bond acceptors (Lipinski definition) is 5. The summed E-state index contributed by atoms with van der Waals surface area (Å²) in [7, 11) is 0. The molecule has 1 aromatic heterocycles. The summed E-state index contributed by atoms with van der Waals surface area (Å²) in [5.41, 5.74) is 5.89. The first-order chi connectivity index (χ1) is 8.43. The summed E-state index contributed by atoms with van der Waals surface area (Å²) in [6.45, 7) is 4.45. The van der Waals surface area contributed by atoms with Crippen LogP contribution in [0.15, 0.2) is 11.4 Å². The molecule has 0 radical (unpaired) electrons. The minimum atomic E-state index is -0.504. The van der Waals surface area contributed by atoms with Crippen molar-refractivity contribution in [3.8, 4) is 0 Å². The third-order valence-corrected chi connectivity index (χ3v) is 3.28. The van der Waals surface area contributed by atoms with Gasteiger partial charge < -0.3 is 11.1 Å². The van der Waals surface area contributed by atoms with Crippen LogP contribution in [0.25, 0.3) is 0 Å². The van der Waals surface area contributed by atoms with Crippen molar-refractivity contribution in [2.45, 2.75) is 26.3 Å². The van der Waals surface area contributed by atoms with Gasteiger partial charge in [-0.25, -0.2) is 0 Å². The molecular formula is C11H17N3O3S. The molecule has 100 valence electrons. The molecule has 0 aliphatic heterocycles. The van der Waals surface area contributed by atoms with Crippen LogP contribution in [0, 0.1) is 16.0 Å². The number of nitrogens with two attached hydrogens (primary N) is 1. The number of nitrogens with one attached hydrogen (secondary N) is 1. The van der Waals surface area contributed by atoms with Gasteiger partial charge in [0.1, 0.15) is 0 Å². The smallest absolute Gasteiger partial charge is 0.324 e. The predicted molar refractivity (Wildman–Crippen MR) is 70.7 cm³/mol. The van der Waals surface area contributed by atoms with Crippen molar-refractivity contribution in [1.29, 1.82) is 0 Å². The molecular weight excluding hydrogens is 254 g/mol. The van der Waals surface area contributed by atoms with Gasteiger partial charge in [0.05, 0.1) is 10.5 Å². The third-order valence-electron chi connectivity index (χ3n) is 2.40. The first kappa shape index (κ1) is 14.6. The van der Waals surface area contributed by atoms with Crippen LogP contribution in [-0.4, -0.2) is 23.4 Å². The summed E-state index contributed by atoms with van der Waals surface area (Å²) in [4.78, 5) is 21.9. The lowest BCUT2D eigenvalue weighted by atomic mass is 10.0. The highest BCUT2D eigenvalue weighted by atomic mass is 32.1. The number of carbonyl (C=O) groups excluding carboxylic acids is 1. The lowest BCUT2D eigenvalue weighted by Gasteiger charge is -2.18. The zero-order valence-electron chi connectivity index (χ0n) is 10.4. The molecule has 1 aromatic rings. The van der Waals surface area contributed by atoms with Gasteiger partial charge in [0.2, 0.25) is 0 Å². The molecule has 1 atom stereocenters. The second-order valence-corrected chi connectivity index (χ2v) is 5.36. The molecule has 3 N–H and O–H groups in total. The monoisotopic (exact) mass is 271 g/mol. The highest BCUT2D eigenvalue weighted by Gasteiger charge is 2.18. The van der Waals surface area contributed by atoms with Crippen molar-refractivity contribution in [2.24, 2.45) is 11.7 Å². The SMILES string of the molecule is CC(C)CC(CN)NC(=O)c1csc([N+](=O)[O-])c1. The topological polar surface area (TPSA) is 98.3 Å². The van der Waals surface area contributed by atoms with E-state index in [1.54, 1.807) is 0 Å². The molecule has 1 unspecified atom stereocenters. The van der Waals surface area contributed by atoms with Crippen molar-refractivity contribution < 1.29 is 9.72 Å². The van der Waals surface area contributed by atoms with Gasteiger partial charge in [0.25, 0.3) is 5.91 Å². The van der Waals surface area contributed by atoms with Crippen LogP contribution in [0.2, 0.25) is 0 Å². The molecule has 0 spiro atoms. The Kier molecular flexibility index (Phi) is 5.24. The third kappa shape index (κ3) is 4.08. The second kappa shape index (κ2) is 6.46. The molecule has 6 nitrogen and oxygen atoms in total. The Morgan fingerprint density at radius 3 is 2.72 bits per heavy atom. The van der Waals surface area contributed by atoms with E-state index in [1.165, 1.54) is 11.4 Å². The summed E-state index contributed by atoms with van der Waals surface area (Å²) in [6.07, 6.45) is 0.786. The molecule has 0 aromatic carbocycles. The summed E-state index contributed by atoms with van der Waals surface area (Å²) in [5, 5.41) is 14.8. The maximum absolute atomic E-state index is 11.8. The minimum absolute atomic E-state index is 0.0340. The maximum atomic E-state index is 11.8.